The molecule has 1 saturated heterocycles. The summed E-state index contributed by atoms with van der Waals surface area (Å²) in [4.78, 5) is 11.1. The van der Waals surface area contributed by atoms with E-state index in [0.717, 1.165) is 12.0 Å². The number of nitrogens with one attached hydrogen (secondary N) is 1. The van der Waals surface area contributed by atoms with Crippen molar-refractivity contribution >= 4 is 5.91 Å². The maximum absolute atomic E-state index is 13.0. The summed E-state index contributed by atoms with van der Waals surface area (Å²) in [6.07, 6.45) is 1.25. The Labute approximate surface area is 82.1 Å². The van der Waals surface area contributed by atoms with Crippen LogP contribution in [-0.4, -0.2) is 5.91 Å². The third-order valence-corrected chi connectivity index (χ3v) is 2.73. The largest absolute Gasteiger partial charge is 0.347 e. The molecule has 14 heavy (non-hydrogen) atoms. The fourth-order valence-corrected chi connectivity index (χ4v) is 1.84. The van der Waals surface area contributed by atoms with E-state index in [2.05, 4.69) is 5.32 Å². The average molecular weight is 193 g/mol. The van der Waals surface area contributed by atoms with Gasteiger partial charge in [0.05, 0.1) is 5.54 Å². The van der Waals surface area contributed by atoms with E-state index < -0.39 is 0 Å². The molecule has 0 radical (unpaired) electrons. The second-order valence-electron chi connectivity index (χ2n) is 3.89. The van der Waals surface area contributed by atoms with Crippen LogP contribution in [0, 0.1) is 5.82 Å². The molecule has 0 bridgehead atoms. The van der Waals surface area contributed by atoms with E-state index in [1.807, 2.05) is 13.0 Å². The van der Waals surface area contributed by atoms with Crippen LogP contribution < -0.4 is 5.32 Å². The first-order chi connectivity index (χ1) is 6.60. The van der Waals surface area contributed by atoms with Gasteiger partial charge < -0.3 is 5.32 Å². The van der Waals surface area contributed by atoms with E-state index in [0.29, 0.717) is 6.42 Å². The van der Waals surface area contributed by atoms with Crippen LogP contribution in [0.5, 0.6) is 0 Å². The number of hydrogen-bond acceptors (Lipinski definition) is 1. The number of halogens is 1. The molecule has 1 aromatic carbocycles. The Morgan fingerprint density at radius 3 is 2.86 bits per heavy atom. The summed E-state index contributed by atoms with van der Waals surface area (Å²) < 4.78 is 13.0. The predicted molar refractivity (Wildman–Crippen MR) is 51.1 cm³/mol. The molecule has 2 nitrogen and oxygen atoms in total. The molecule has 74 valence electrons. The summed E-state index contributed by atoms with van der Waals surface area (Å²) in [7, 11) is 0. The zero-order chi connectivity index (χ0) is 10.2. The van der Waals surface area contributed by atoms with Gasteiger partial charge in [0.1, 0.15) is 5.82 Å². The lowest BCUT2D eigenvalue weighted by Gasteiger charge is -2.24. The highest BCUT2D eigenvalue weighted by Crippen LogP contribution is 2.30. The monoisotopic (exact) mass is 193 g/mol. The summed E-state index contributed by atoms with van der Waals surface area (Å²) >= 11 is 0. The zero-order valence-electron chi connectivity index (χ0n) is 8.01. The van der Waals surface area contributed by atoms with Gasteiger partial charge in [-0.2, -0.15) is 0 Å². The summed E-state index contributed by atoms with van der Waals surface area (Å²) in [5, 5.41) is 2.87. The molecule has 0 saturated carbocycles. The van der Waals surface area contributed by atoms with Crippen LogP contribution in [0.15, 0.2) is 24.3 Å². The van der Waals surface area contributed by atoms with Gasteiger partial charge in [-0.25, -0.2) is 4.39 Å². The Morgan fingerprint density at radius 2 is 2.29 bits per heavy atom. The van der Waals surface area contributed by atoms with E-state index in [1.54, 1.807) is 6.07 Å². The second-order valence-corrected chi connectivity index (χ2v) is 3.89. The first kappa shape index (κ1) is 9.19. The van der Waals surface area contributed by atoms with Gasteiger partial charge in [-0.15, -0.1) is 0 Å². The van der Waals surface area contributed by atoms with Crippen LogP contribution in [0.1, 0.15) is 25.3 Å². The van der Waals surface area contributed by atoms with Gasteiger partial charge in [0, 0.05) is 6.42 Å². The summed E-state index contributed by atoms with van der Waals surface area (Å²) in [6.45, 7) is 1.92. The lowest BCUT2D eigenvalue weighted by molar-refractivity contribution is -0.119. The Bertz CT molecular complexity index is 377. The van der Waals surface area contributed by atoms with Gasteiger partial charge in [-0.3, -0.25) is 4.79 Å². The molecule has 1 aromatic rings. The van der Waals surface area contributed by atoms with Crippen LogP contribution in [0.2, 0.25) is 0 Å². The standard InChI is InChI=1S/C11H12FNO/c1-11(6-5-10(14)13-11)8-3-2-4-9(12)7-8/h2-4,7H,5-6H2,1H3,(H,13,14). The van der Waals surface area contributed by atoms with Gasteiger partial charge >= 0.3 is 0 Å². The molecule has 0 spiro atoms. The first-order valence-electron chi connectivity index (χ1n) is 4.67. The van der Waals surface area contributed by atoms with Gasteiger partial charge in [-0.1, -0.05) is 12.1 Å². The van der Waals surface area contributed by atoms with E-state index in [-0.39, 0.29) is 17.3 Å². The van der Waals surface area contributed by atoms with Gasteiger partial charge in [0.2, 0.25) is 5.91 Å². The van der Waals surface area contributed by atoms with E-state index in [9.17, 15) is 9.18 Å². The smallest absolute Gasteiger partial charge is 0.220 e. The Morgan fingerprint density at radius 1 is 1.50 bits per heavy atom. The molecule has 1 N–H and O–H groups in total. The third-order valence-electron chi connectivity index (χ3n) is 2.73. The number of benzene rings is 1. The van der Waals surface area contributed by atoms with Crippen LogP contribution in [-0.2, 0) is 10.3 Å². The Balaban J connectivity index is 2.34. The lowest BCUT2D eigenvalue weighted by atomic mass is 9.91. The minimum absolute atomic E-state index is 0.0387. The van der Waals surface area contributed by atoms with Crippen LogP contribution >= 0.6 is 0 Å². The molecule has 3 heteroatoms. The summed E-state index contributed by atoms with van der Waals surface area (Å²) in [5.41, 5.74) is 0.447. The first-order valence-corrected chi connectivity index (χ1v) is 4.67. The van der Waals surface area contributed by atoms with Crippen molar-refractivity contribution in [2.75, 3.05) is 0 Å². The van der Waals surface area contributed by atoms with Crippen molar-refractivity contribution in [3.8, 4) is 0 Å². The highest BCUT2D eigenvalue weighted by molar-refractivity contribution is 5.79. The molecule has 1 amide bonds. The molecule has 2 rings (SSSR count). The quantitative estimate of drug-likeness (QED) is 0.725. The fourth-order valence-electron chi connectivity index (χ4n) is 1.84. The predicted octanol–water partition coefficient (Wildman–Crippen LogP) is 1.95. The lowest BCUT2D eigenvalue weighted by Crippen LogP contribution is -2.35. The Hall–Kier alpha value is -1.38. The number of hydrogen-bond donors (Lipinski definition) is 1. The third kappa shape index (κ3) is 1.50. The molecule has 1 fully saturated rings. The van der Waals surface area contributed by atoms with Crippen molar-refractivity contribution in [1.82, 2.24) is 5.32 Å². The molecule has 1 aliphatic heterocycles. The van der Waals surface area contributed by atoms with Crippen molar-refractivity contribution in [3.63, 3.8) is 0 Å². The van der Waals surface area contributed by atoms with Crippen LogP contribution in [0.4, 0.5) is 4.39 Å². The van der Waals surface area contributed by atoms with Crippen molar-refractivity contribution < 1.29 is 9.18 Å². The van der Waals surface area contributed by atoms with Crippen molar-refractivity contribution in [2.24, 2.45) is 0 Å². The maximum atomic E-state index is 13.0. The van der Waals surface area contributed by atoms with E-state index in [4.69, 9.17) is 0 Å². The number of carbonyl (C=O) groups excluding carboxylic acids is 1. The van der Waals surface area contributed by atoms with E-state index in [1.165, 1.54) is 12.1 Å². The molecular weight excluding hydrogens is 181 g/mol. The second kappa shape index (κ2) is 3.08. The SMILES string of the molecule is CC1(c2cccc(F)c2)CCC(=O)N1. The molecule has 0 aliphatic carbocycles. The highest BCUT2D eigenvalue weighted by Gasteiger charge is 2.34. The van der Waals surface area contributed by atoms with E-state index >= 15 is 0 Å². The highest BCUT2D eigenvalue weighted by atomic mass is 19.1. The van der Waals surface area contributed by atoms with Gasteiger partial charge in [0.15, 0.2) is 0 Å². The van der Waals surface area contributed by atoms with Crippen molar-refractivity contribution in [1.29, 1.82) is 0 Å². The topological polar surface area (TPSA) is 29.1 Å². The zero-order valence-corrected chi connectivity index (χ0v) is 8.01. The maximum Gasteiger partial charge on any atom is 0.220 e. The summed E-state index contributed by atoms with van der Waals surface area (Å²) in [5.74, 6) is -0.221. The molecule has 1 heterocycles. The number of carbonyl (C=O) groups is 1. The van der Waals surface area contributed by atoms with Gasteiger partial charge in [-0.05, 0) is 31.0 Å². The normalized spacial score (nSPS) is 26.3. The minimum atomic E-state index is -0.390. The minimum Gasteiger partial charge on any atom is -0.347 e. The average Bonchev–Trinajstić information content (AvgIpc) is 2.48. The van der Waals surface area contributed by atoms with Crippen LogP contribution in [0.3, 0.4) is 0 Å². The van der Waals surface area contributed by atoms with Crippen molar-refractivity contribution in [3.05, 3.63) is 35.6 Å². The summed E-state index contributed by atoms with van der Waals surface area (Å²) in [6, 6.07) is 6.39. The number of rotatable bonds is 1. The molecule has 1 unspecified atom stereocenters. The Kier molecular flexibility index (Phi) is 2.02. The van der Waals surface area contributed by atoms with Crippen LogP contribution in [0.25, 0.3) is 0 Å². The molecule has 1 atom stereocenters. The molecular formula is C11H12FNO. The number of amides is 1. The van der Waals surface area contributed by atoms with Gasteiger partial charge in [0.25, 0.3) is 0 Å². The van der Waals surface area contributed by atoms with Crippen molar-refractivity contribution in [2.45, 2.75) is 25.3 Å². The molecule has 0 aromatic heterocycles. The fraction of sp³-hybridized carbons (Fsp3) is 0.364. The molecule has 1 aliphatic rings.